The Balaban J connectivity index is 1.81. The minimum atomic E-state index is -3.28. The van der Waals surface area contributed by atoms with Crippen molar-refractivity contribution in [2.45, 2.75) is 6.42 Å². The molecule has 0 radical (unpaired) electrons. The lowest BCUT2D eigenvalue weighted by Gasteiger charge is -2.33. The topological polar surface area (TPSA) is 61.9 Å². The molecule has 0 atom stereocenters. The standard InChI is InChI=1S/C14H23N3O3S/c1-15-21(18,19)17-10-8-16(9-11-17)7-6-13-4-3-5-14(12-13)20-2/h3-5,12,15H,6-11H2,1-2H3. The van der Waals surface area contributed by atoms with E-state index in [-0.39, 0.29) is 0 Å². The predicted molar refractivity (Wildman–Crippen MR) is 82.7 cm³/mol. The van der Waals surface area contributed by atoms with Crippen molar-refractivity contribution < 1.29 is 13.2 Å². The minimum Gasteiger partial charge on any atom is -0.497 e. The zero-order valence-corrected chi connectivity index (χ0v) is 13.4. The first kappa shape index (κ1) is 16.2. The Kier molecular flexibility index (Phi) is 5.58. The molecule has 0 amide bonds. The average molecular weight is 313 g/mol. The van der Waals surface area contributed by atoms with Crippen molar-refractivity contribution in [2.24, 2.45) is 0 Å². The summed E-state index contributed by atoms with van der Waals surface area (Å²) in [7, 11) is -0.165. The molecular formula is C14H23N3O3S. The molecule has 2 rings (SSSR count). The van der Waals surface area contributed by atoms with Crippen molar-refractivity contribution in [1.82, 2.24) is 13.9 Å². The average Bonchev–Trinajstić information content (AvgIpc) is 2.53. The highest BCUT2D eigenvalue weighted by atomic mass is 32.2. The van der Waals surface area contributed by atoms with Gasteiger partial charge in [-0.25, -0.2) is 4.72 Å². The number of hydrogen-bond donors (Lipinski definition) is 1. The van der Waals surface area contributed by atoms with Crippen molar-refractivity contribution in [3.05, 3.63) is 29.8 Å². The Morgan fingerprint density at radius 2 is 1.95 bits per heavy atom. The molecule has 0 spiro atoms. The fourth-order valence-corrected chi connectivity index (χ4v) is 3.34. The van der Waals surface area contributed by atoms with Gasteiger partial charge in [0.15, 0.2) is 0 Å². The second-order valence-electron chi connectivity index (χ2n) is 5.05. The van der Waals surface area contributed by atoms with E-state index >= 15 is 0 Å². The highest BCUT2D eigenvalue weighted by Crippen LogP contribution is 2.14. The van der Waals surface area contributed by atoms with Crippen LogP contribution in [-0.2, 0) is 16.6 Å². The molecule has 1 aliphatic heterocycles. The lowest BCUT2D eigenvalue weighted by molar-refractivity contribution is 0.189. The second kappa shape index (κ2) is 7.22. The maximum atomic E-state index is 11.7. The van der Waals surface area contributed by atoms with Gasteiger partial charge in [-0.15, -0.1) is 0 Å². The maximum absolute atomic E-state index is 11.7. The van der Waals surface area contributed by atoms with Crippen LogP contribution < -0.4 is 9.46 Å². The Bertz CT molecular complexity index is 554. The molecule has 1 saturated heterocycles. The van der Waals surface area contributed by atoms with E-state index in [4.69, 9.17) is 4.74 Å². The molecular weight excluding hydrogens is 290 g/mol. The molecule has 1 aromatic rings. The molecule has 0 saturated carbocycles. The number of hydrogen-bond acceptors (Lipinski definition) is 4. The van der Waals surface area contributed by atoms with Crippen molar-refractivity contribution in [3.8, 4) is 5.75 Å². The SMILES string of the molecule is CNS(=O)(=O)N1CCN(CCc2cccc(OC)c2)CC1. The molecule has 118 valence electrons. The van der Waals surface area contributed by atoms with E-state index in [1.165, 1.54) is 16.9 Å². The largest absolute Gasteiger partial charge is 0.497 e. The van der Waals surface area contributed by atoms with Crippen LogP contribution in [0.5, 0.6) is 5.75 Å². The van der Waals surface area contributed by atoms with Crippen LogP contribution in [0.15, 0.2) is 24.3 Å². The zero-order chi connectivity index (χ0) is 15.3. The lowest BCUT2D eigenvalue weighted by atomic mass is 10.1. The van der Waals surface area contributed by atoms with E-state index in [9.17, 15) is 8.42 Å². The normalized spacial score (nSPS) is 17.8. The first-order valence-corrected chi connectivity index (χ1v) is 8.53. The number of methoxy groups -OCH3 is 1. The summed E-state index contributed by atoms with van der Waals surface area (Å²) in [6, 6.07) is 8.06. The van der Waals surface area contributed by atoms with E-state index in [0.29, 0.717) is 13.1 Å². The van der Waals surface area contributed by atoms with Crippen molar-refractivity contribution in [1.29, 1.82) is 0 Å². The molecule has 1 aliphatic rings. The number of nitrogens with one attached hydrogen (secondary N) is 1. The number of benzene rings is 1. The Hall–Kier alpha value is -1.15. The van der Waals surface area contributed by atoms with E-state index in [1.54, 1.807) is 7.11 Å². The summed E-state index contributed by atoms with van der Waals surface area (Å²) in [4.78, 5) is 2.29. The smallest absolute Gasteiger partial charge is 0.279 e. The van der Waals surface area contributed by atoms with Crippen LogP contribution in [0.4, 0.5) is 0 Å². The van der Waals surface area contributed by atoms with Gasteiger partial charge in [0.05, 0.1) is 7.11 Å². The van der Waals surface area contributed by atoms with Crippen LogP contribution in [0.25, 0.3) is 0 Å². The molecule has 1 aromatic carbocycles. The number of piperazine rings is 1. The van der Waals surface area contributed by atoms with Crippen molar-refractivity contribution >= 4 is 10.2 Å². The van der Waals surface area contributed by atoms with Crippen LogP contribution in [0.2, 0.25) is 0 Å². The molecule has 0 aliphatic carbocycles. The number of rotatable bonds is 6. The van der Waals surface area contributed by atoms with Gasteiger partial charge in [-0.3, -0.25) is 0 Å². The van der Waals surface area contributed by atoms with E-state index < -0.39 is 10.2 Å². The van der Waals surface area contributed by atoms with Gasteiger partial charge in [0.1, 0.15) is 5.75 Å². The fraction of sp³-hybridized carbons (Fsp3) is 0.571. The molecule has 0 unspecified atom stereocenters. The highest BCUT2D eigenvalue weighted by molar-refractivity contribution is 7.87. The second-order valence-corrected chi connectivity index (χ2v) is 6.93. The Morgan fingerprint density at radius 3 is 2.57 bits per heavy atom. The Labute approximate surface area is 126 Å². The molecule has 1 heterocycles. The third-order valence-electron chi connectivity index (χ3n) is 3.78. The van der Waals surface area contributed by atoms with Crippen molar-refractivity contribution in [3.63, 3.8) is 0 Å². The predicted octanol–water partition coefficient (Wildman–Crippen LogP) is 0.320. The van der Waals surface area contributed by atoms with E-state index in [2.05, 4.69) is 15.7 Å². The van der Waals surface area contributed by atoms with Gasteiger partial charge in [0.2, 0.25) is 0 Å². The maximum Gasteiger partial charge on any atom is 0.279 e. The minimum absolute atomic E-state index is 0.543. The number of ether oxygens (including phenoxy) is 1. The third kappa shape index (κ3) is 4.41. The quantitative estimate of drug-likeness (QED) is 0.822. The Morgan fingerprint density at radius 1 is 1.24 bits per heavy atom. The van der Waals surface area contributed by atoms with Crippen LogP contribution in [0.3, 0.4) is 0 Å². The van der Waals surface area contributed by atoms with Gasteiger partial charge in [-0.2, -0.15) is 12.7 Å². The third-order valence-corrected chi connectivity index (χ3v) is 5.34. The van der Waals surface area contributed by atoms with Gasteiger partial charge >= 0.3 is 0 Å². The first-order chi connectivity index (χ1) is 10.0. The molecule has 1 fully saturated rings. The van der Waals surface area contributed by atoms with E-state index in [0.717, 1.165) is 31.8 Å². The van der Waals surface area contributed by atoms with Gasteiger partial charge in [0, 0.05) is 39.8 Å². The molecule has 0 bridgehead atoms. The summed E-state index contributed by atoms with van der Waals surface area (Å²) >= 11 is 0. The van der Waals surface area contributed by atoms with Crippen LogP contribution in [0, 0.1) is 0 Å². The molecule has 1 N–H and O–H groups in total. The first-order valence-electron chi connectivity index (χ1n) is 7.09. The summed E-state index contributed by atoms with van der Waals surface area (Å²) in [5, 5.41) is 0. The summed E-state index contributed by atoms with van der Waals surface area (Å²) in [5.74, 6) is 0.873. The highest BCUT2D eigenvalue weighted by Gasteiger charge is 2.25. The molecule has 6 nitrogen and oxygen atoms in total. The summed E-state index contributed by atoms with van der Waals surface area (Å²) < 4.78 is 32.5. The fourth-order valence-electron chi connectivity index (χ4n) is 2.44. The summed E-state index contributed by atoms with van der Waals surface area (Å²) in [6.07, 6.45) is 0.940. The van der Waals surface area contributed by atoms with Crippen molar-refractivity contribution in [2.75, 3.05) is 46.9 Å². The summed E-state index contributed by atoms with van der Waals surface area (Å²) in [6.45, 7) is 3.55. The van der Waals surface area contributed by atoms with Gasteiger partial charge in [-0.05, 0) is 24.1 Å². The van der Waals surface area contributed by atoms with E-state index in [1.807, 2.05) is 18.2 Å². The zero-order valence-electron chi connectivity index (χ0n) is 12.6. The molecule has 21 heavy (non-hydrogen) atoms. The van der Waals surface area contributed by atoms with Gasteiger partial charge in [-0.1, -0.05) is 12.1 Å². The monoisotopic (exact) mass is 313 g/mol. The molecule has 7 heteroatoms. The van der Waals surface area contributed by atoms with Crippen LogP contribution >= 0.6 is 0 Å². The van der Waals surface area contributed by atoms with Crippen LogP contribution in [-0.4, -0.2) is 64.5 Å². The van der Waals surface area contributed by atoms with Gasteiger partial charge < -0.3 is 9.64 Å². The van der Waals surface area contributed by atoms with Crippen LogP contribution in [0.1, 0.15) is 5.56 Å². The number of nitrogens with zero attached hydrogens (tertiary/aromatic N) is 2. The lowest BCUT2D eigenvalue weighted by Crippen LogP contribution is -2.51. The summed E-state index contributed by atoms with van der Waals surface area (Å²) in [5.41, 5.74) is 1.24. The molecule has 0 aromatic heterocycles. The van der Waals surface area contributed by atoms with Gasteiger partial charge in [0.25, 0.3) is 10.2 Å².